The van der Waals surface area contributed by atoms with Crippen LogP contribution in [0, 0.1) is 10.1 Å². The van der Waals surface area contributed by atoms with Gasteiger partial charge < -0.3 is 11.1 Å². The molecule has 0 fully saturated rings. The lowest BCUT2D eigenvalue weighted by atomic mass is 10.1. The number of hydrogen-bond acceptors (Lipinski definition) is 4. The van der Waals surface area contributed by atoms with Crippen molar-refractivity contribution >= 4 is 28.9 Å². The Morgan fingerprint density at radius 3 is 2.83 bits per heavy atom. The summed E-state index contributed by atoms with van der Waals surface area (Å²) in [7, 11) is 0. The predicted octanol–water partition coefficient (Wildman–Crippen LogP) is 2.31. The first-order valence-electron chi connectivity index (χ1n) is 5.46. The average molecular weight is 272 g/mol. The van der Waals surface area contributed by atoms with E-state index in [1.165, 1.54) is 18.2 Å². The number of amides is 1. The molecule has 1 atom stereocenters. The van der Waals surface area contributed by atoms with Crippen LogP contribution in [-0.2, 0) is 4.79 Å². The summed E-state index contributed by atoms with van der Waals surface area (Å²) in [4.78, 5) is 21.7. The van der Waals surface area contributed by atoms with E-state index in [9.17, 15) is 14.9 Å². The molecule has 1 aromatic rings. The summed E-state index contributed by atoms with van der Waals surface area (Å²) in [5.74, 6) is -0.403. The van der Waals surface area contributed by atoms with Crippen LogP contribution in [0.2, 0.25) is 5.02 Å². The number of carbonyl (C=O) groups is 1. The van der Waals surface area contributed by atoms with Crippen molar-refractivity contribution in [3.63, 3.8) is 0 Å². The molecule has 1 aromatic carbocycles. The minimum absolute atomic E-state index is 0.140. The zero-order chi connectivity index (χ0) is 13.7. The second-order valence-electron chi connectivity index (χ2n) is 3.81. The zero-order valence-electron chi connectivity index (χ0n) is 9.85. The maximum absolute atomic E-state index is 11.7. The molecular weight excluding hydrogens is 258 g/mol. The molecule has 0 radical (unpaired) electrons. The van der Waals surface area contributed by atoms with E-state index in [0.29, 0.717) is 6.42 Å². The third-order valence-corrected chi connectivity index (χ3v) is 2.68. The second-order valence-corrected chi connectivity index (χ2v) is 4.21. The number of nitrogens with zero attached hydrogens (tertiary/aromatic N) is 1. The smallest absolute Gasteiger partial charge is 0.271 e. The first kappa shape index (κ1) is 14.4. The van der Waals surface area contributed by atoms with E-state index in [4.69, 9.17) is 17.3 Å². The Kier molecular flexibility index (Phi) is 5.06. The van der Waals surface area contributed by atoms with Crippen LogP contribution < -0.4 is 11.1 Å². The van der Waals surface area contributed by atoms with Crippen molar-refractivity contribution < 1.29 is 9.72 Å². The van der Waals surface area contributed by atoms with Gasteiger partial charge in [-0.1, -0.05) is 24.9 Å². The fraction of sp³-hybridized carbons (Fsp3) is 0.364. The van der Waals surface area contributed by atoms with Crippen LogP contribution in [0.3, 0.4) is 0 Å². The predicted molar refractivity (Wildman–Crippen MR) is 69.6 cm³/mol. The Labute approximate surface area is 109 Å². The quantitative estimate of drug-likeness (QED) is 0.634. The standard InChI is InChI=1S/C11H14ClN3O3/c1-2-3-9(13)11(16)14-10-6-7(15(17)18)4-5-8(10)12/h4-6,9H,2-3,13H2,1H3,(H,14,16)/t9-/m0/s1. The van der Waals surface area contributed by atoms with Gasteiger partial charge in [0.05, 0.1) is 21.7 Å². The van der Waals surface area contributed by atoms with E-state index in [-0.39, 0.29) is 16.4 Å². The summed E-state index contributed by atoms with van der Waals surface area (Å²) >= 11 is 5.85. The first-order chi connectivity index (χ1) is 8.45. The number of halogens is 1. The van der Waals surface area contributed by atoms with Crippen molar-refractivity contribution in [1.29, 1.82) is 0 Å². The second kappa shape index (κ2) is 6.32. The summed E-state index contributed by atoms with van der Waals surface area (Å²) < 4.78 is 0. The lowest BCUT2D eigenvalue weighted by Gasteiger charge is -2.12. The molecule has 7 heteroatoms. The first-order valence-corrected chi connectivity index (χ1v) is 5.84. The van der Waals surface area contributed by atoms with Gasteiger partial charge in [0.25, 0.3) is 5.69 Å². The Hall–Kier alpha value is -1.66. The number of hydrogen-bond donors (Lipinski definition) is 2. The van der Waals surface area contributed by atoms with Gasteiger partial charge in [0.2, 0.25) is 5.91 Å². The van der Waals surface area contributed by atoms with Crippen molar-refractivity contribution in [3.05, 3.63) is 33.3 Å². The van der Waals surface area contributed by atoms with E-state index in [1.54, 1.807) is 0 Å². The highest BCUT2D eigenvalue weighted by Gasteiger charge is 2.16. The lowest BCUT2D eigenvalue weighted by molar-refractivity contribution is -0.384. The molecule has 0 aliphatic heterocycles. The number of rotatable bonds is 5. The van der Waals surface area contributed by atoms with Crippen molar-refractivity contribution in [1.82, 2.24) is 0 Å². The number of nitrogens with one attached hydrogen (secondary N) is 1. The molecule has 0 saturated carbocycles. The molecule has 6 nitrogen and oxygen atoms in total. The van der Waals surface area contributed by atoms with Crippen LogP contribution in [0.5, 0.6) is 0 Å². The van der Waals surface area contributed by atoms with E-state index >= 15 is 0 Å². The fourth-order valence-corrected chi connectivity index (χ4v) is 1.55. The summed E-state index contributed by atoms with van der Waals surface area (Å²) in [6.07, 6.45) is 1.32. The van der Waals surface area contributed by atoms with E-state index < -0.39 is 16.9 Å². The summed E-state index contributed by atoms with van der Waals surface area (Å²) in [6, 6.07) is 3.19. The highest BCUT2D eigenvalue weighted by molar-refractivity contribution is 6.33. The van der Waals surface area contributed by atoms with Gasteiger partial charge in [-0.15, -0.1) is 0 Å². The largest absolute Gasteiger partial charge is 0.323 e. The highest BCUT2D eigenvalue weighted by Crippen LogP contribution is 2.26. The molecule has 18 heavy (non-hydrogen) atoms. The molecule has 0 aliphatic carbocycles. The fourth-order valence-electron chi connectivity index (χ4n) is 1.39. The number of anilines is 1. The monoisotopic (exact) mass is 271 g/mol. The Morgan fingerprint density at radius 1 is 1.61 bits per heavy atom. The molecule has 0 bridgehead atoms. The number of carbonyl (C=O) groups excluding carboxylic acids is 1. The van der Waals surface area contributed by atoms with Gasteiger partial charge in [0, 0.05) is 12.1 Å². The van der Waals surface area contributed by atoms with Gasteiger partial charge >= 0.3 is 0 Å². The summed E-state index contributed by atoms with van der Waals surface area (Å²) in [6.45, 7) is 1.91. The summed E-state index contributed by atoms with van der Waals surface area (Å²) in [5, 5.41) is 13.3. The van der Waals surface area contributed by atoms with Gasteiger partial charge in [-0.05, 0) is 12.5 Å². The van der Waals surface area contributed by atoms with Crippen molar-refractivity contribution in [3.8, 4) is 0 Å². The van der Waals surface area contributed by atoms with E-state index in [0.717, 1.165) is 6.42 Å². The molecule has 3 N–H and O–H groups in total. The summed E-state index contributed by atoms with van der Waals surface area (Å²) in [5.41, 5.74) is 5.69. The van der Waals surface area contributed by atoms with Crippen LogP contribution in [0.15, 0.2) is 18.2 Å². The Balaban J connectivity index is 2.86. The molecule has 0 unspecified atom stereocenters. The number of non-ortho nitro benzene ring substituents is 1. The zero-order valence-corrected chi connectivity index (χ0v) is 10.6. The van der Waals surface area contributed by atoms with Gasteiger partial charge in [0.15, 0.2) is 0 Å². The Morgan fingerprint density at radius 2 is 2.28 bits per heavy atom. The number of nitro benzene ring substituents is 1. The lowest BCUT2D eigenvalue weighted by Crippen LogP contribution is -2.35. The minimum atomic E-state index is -0.648. The van der Waals surface area contributed by atoms with Crippen LogP contribution in [0.4, 0.5) is 11.4 Å². The number of benzene rings is 1. The minimum Gasteiger partial charge on any atom is -0.323 e. The molecule has 0 aromatic heterocycles. The molecule has 98 valence electrons. The van der Waals surface area contributed by atoms with E-state index in [2.05, 4.69) is 5.32 Å². The van der Waals surface area contributed by atoms with Crippen molar-refractivity contribution in [2.75, 3.05) is 5.32 Å². The third kappa shape index (κ3) is 3.68. The molecule has 0 saturated heterocycles. The number of nitro groups is 1. The topological polar surface area (TPSA) is 98.3 Å². The maximum atomic E-state index is 11.7. The number of nitrogens with two attached hydrogens (primary N) is 1. The molecule has 0 aliphatic rings. The van der Waals surface area contributed by atoms with Gasteiger partial charge in [-0.25, -0.2) is 0 Å². The van der Waals surface area contributed by atoms with E-state index in [1.807, 2.05) is 6.92 Å². The van der Waals surface area contributed by atoms with Crippen LogP contribution >= 0.6 is 11.6 Å². The van der Waals surface area contributed by atoms with Gasteiger partial charge in [0.1, 0.15) is 0 Å². The van der Waals surface area contributed by atoms with Crippen molar-refractivity contribution in [2.45, 2.75) is 25.8 Å². The van der Waals surface area contributed by atoms with Crippen LogP contribution in [0.1, 0.15) is 19.8 Å². The van der Waals surface area contributed by atoms with Gasteiger partial charge in [-0.2, -0.15) is 0 Å². The molecule has 1 rings (SSSR count). The average Bonchev–Trinajstić information content (AvgIpc) is 2.31. The third-order valence-electron chi connectivity index (χ3n) is 2.36. The SMILES string of the molecule is CCC[C@H](N)C(=O)Nc1cc([N+](=O)[O-])ccc1Cl. The van der Waals surface area contributed by atoms with Crippen molar-refractivity contribution in [2.24, 2.45) is 5.73 Å². The normalized spacial score (nSPS) is 11.9. The molecule has 0 heterocycles. The molecular formula is C11H14ClN3O3. The highest BCUT2D eigenvalue weighted by atomic mass is 35.5. The molecule has 0 spiro atoms. The van der Waals surface area contributed by atoms with Crippen LogP contribution in [-0.4, -0.2) is 16.9 Å². The maximum Gasteiger partial charge on any atom is 0.271 e. The Bertz CT molecular complexity index is 465. The van der Waals surface area contributed by atoms with Crippen LogP contribution in [0.25, 0.3) is 0 Å². The molecule has 1 amide bonds. The van der Waals surface area contributed by atoms with Gasteiger partial charge in [-0.3, -0.25) is 14.9 Å².